The first-order chi connectivity index (χ1) is 11.3. The van der Waals surface area contributed by atoms with E-state index in [9.17, 15) is 4.79 Å². The fraction of sp³-hybridized carbons (Fsp3) is 0.222. The molecule has 1 aromatic carbocycles. The van der Waals surface area contributed by atoms with Gasteiger partial charge in [0.1, 0.15) is 5.58 Å². The number of nitrogens with zero attached hydrogens (tertiary/aromatic N) is 1. The summed E-state index contributed by atoms with van der Waals surface area (Å²) in [5, 5.41) is 7.26. The van der Waals surface area contributed by atoms with Crippen LogP contribution < -0.4 is 10.6 Å². The van der Waals surface area contributed by atoms with Crippen LogP contribution in [0.15, 0.2) is 53.3 Å². The van der Waals surface area contributed by atoms with Gasteiger partial charge in [0.05, 0.1) is 12.0 Å². The third-order valence-electron chi connectivity index (χ3n) is 4.20. The van der Waals surface area contributed by atoms with Crippen molar-refractivity contribution < 1.29 is 9.21 Å². The van der Waals surface area contributed by atoms with Crippen molar-refractivity contribution in [2.75, 3.05) is 13.1 Å². The quantitative estimate of drug-likeness (QED) is 0.731. The van der Waals surface area contributed by atoms with E-state index in [0.29, 0.717) is 5.56 Å². The summed E-state index contributed by atoms with van der Waals surface area (Å²) in [6.45, 7) is 1.81. The van der Waals surface area contributed by atoms with Gasteiger partial charge in [-0.15, -0.1) is 24.8 Å². The fourth-order valence-corrected chi connectivity index (χ4v) is 2.95. The molecule has 5 nitrogen and oxygen atoms in total. The maximum Gasteiger partial charge on any atom is 0.251 e. The molecule has 1 amide bonds. The lowest BCUT2D eigenvalue weighted by Crippen LogP contribution is -2.36. The monoisotopic (exact) mass is 379 g/mol. The van der Waals surface area contributed by atoms with Crippen LogP contribution in [-0.2, 0) is 0 Å². The molecule has 1 aliphatic rings. The summed E-state index contributed by atoms with van der Waals surface area (Å²) in [5.74, 6) is -0.0280. The Morgan fingerprint density at radius 2 is 1.96 bits per heavy atom. The lowest BCUT2D eigenvalue weighted by molar-refractivity contribution is 0.0940. The van der Waals surface area contributed by atoms with Crippen molar-refractivity contribution in [1.29, 1.82) is 0 Å². The van der Waals surface area contributed by atoms with E-state index in [1.165, 1.54) is 0 Å². The highest BCUT2D eigenvalue weighted by atomic mass is 35.5. The van der Waals surface area contributed by atoms with Gasteiger partial charge in [0, 0.05) is 35.3 Å². The normalized spacial score (nSPS) is 16.1. The third kappa shape index (κ3) is 3.95. The van der Waals surface area contributed by atoms with E-state index in [1.54, 1.807) is 12.5 Å². The Morgan fingerprint density at radius 3 is 2.68 bits per heavy atom. The molecule has 1 fully saturated rings. The maximum absolute atomic E-state index is 12.2. The molecule has 7 heteroatoms. The highest BCUT2D eigenvalue weighted by Gasteiger charge is 2.17. The molecule has 3 aromatic rings. The number of carbonyl (C=O) groups excluding carboxylic acids is 1. The summed E-state index contributed by atoms with van der Waals surface area (Å²) in [6, 6.07) is 11.5. The molecule has 2 N–H and O–H groups in total. The number of benzene rings is 1. The summed E-state index contributed by atoms with van der Waals surface area (Å²) < 4.78 is 5.41. The van der Waals surface area contributed by atoms with Crippen LogP contribution in [0.25, 0.3) is 22.2 Å². The van der Waals surface area contributed by atoms with Crippen LogP contribution in [-0.4, -0.2) is 30.0 Å². The molecular weight excluding hydrogens is 361 g/mol. The van der Waals surface area contributed by atoms with Gasteiger partial charge in [-0.1, -0.05) is 12.1 Å². The van der Waals surface area contributed by atoms with E-state index in [1.807, 2.05) is 36.4 Å². The largest absolute Gasteiger partial charge is 0.464 e. The van der Waals surface area contributed by atoms with E-state index < -0.39 is 0 Å². The first-order valence-electron chi connectivity index (χ1n) is 7.75. The van der Waals surface area contributed by atoms with Crippen molar-refractivity contribution in [3.8, 4) is 11.3 Å². The zero-order valence-corrected chi connectivity index (χ0v) is 15.0. The van der Waals surface area contributed by atoms with Gasteiger partial charge in [-0.2, -0.15) is 0 Å². The number of carbonyl (C=O) groups is 1. The van der Waals surface area contributed by atoms with Gasteiger partial charge in [-0.25, -0.2) is 0 Å². The van der Waals surface area contributed by atoms with Crippen LogP contribution in [0.2, 0.25) is 0 Å². The van der Waals surface area contributed by atoms with E-state index in [2.05, 4.69) is 15.6 Å². The molecule has 132 valence electrons. The van der Waals surface area contributed by atoms with Crippen molar-refractivity contribution >= 4 is 41.7 Å². The molecule has 0 aliphatic carbocycles. The molecule has 0 spiro atoms. The van der Waals surface area contributed by atoms with Crippen LogP contribution in [0.1, 0.15) is 16.8 Å². The second-order valence-electron chi connectivity index (χ2n) is 5.73. The van der Waals surface area contributed by atoms with E-state index in [-0.39, 0.29) is 36.8 Å². The Kier molecular flexibility index (Phi) is 6.42. The van der Waals surface area contributed by atoms with Gasteiger partial charge < -0.3 is 15.1 Å². The van der Waals surface area contributed by atoms with Crippen LogP contribution in [0.5, 0.6) is 0 Å². The Labute approximate surface area is 158 Å². The molecule has 1 saturated heterocycles. The standard InChI is InChI=1S/C18H17N3O2.2ClH/c22-18(21-14-5-8-19-11-14)13-3-1-12(2-4-13)17-15-7-10-23-16(15)6-9-20-17;;/h1-4,6-7,9-10,14,19H,5,8,11H2,(H,21,22);2*1H/t14-;;/m0../s1. The molecule has 25 heavy (non-hydrogen) atoms. The minimum Gasteiger partial charge on any atom is -0.464 e. The number of pyridine rings is 1. The van der Waals surface area contributed by atoms with Gasteiger partial charge in [0.15, 0.2) is 0 Å². The highest BCUT2D eigenvalue weighted by Crippen LogP contribution is 2.27. The molecule has 0 radical (unpaired) electrons. The number of amides is 1. The van der Waals surface area contributed by atoms with Gasteiger partial charge >= 0.3 is 0 Å². The van der Waals surface area contributed by atoms with Crippen molar-refractivity contribution in [1.82, 2.24) is 15.6 Å². The highest BCUT2D eigenvalue weighted by molar-refractivity contribution is 5.96. The van der Waals surface area contributed by atoms with E-state index in [0.717, 1.165) is 41.7 Å². The summed E-state index contributed by atoms with van der Waals surface area (Å²) in [5.41, 5.74) is 3.31. The molecule has 2 aromatic heterocycles. The minimum atomic E-state index is -0.0280. The maximum atomic E-state index is 12.2. The number of fused-ring (bicyclic) bond motifs is 1. The number of rotatable bonds is 3. The summed E-state index contributed by atoms with van der Waals surface area (Å²) in [7, 11) is 0. The van der Waals surface area contributed by atoms with Gasteiger partial charge in [-0.3, -0.25) is 9.78 Å². The molecule has 1 aliphatic heterocycles. The van der Waals surface area contributed by atoms with Crippen LogP contribution in [0.4, 0.5) is 0 Å². The topological polar surface area (TPSA) is 67.2 Å². The summed E-state index contributed by atoms with van der Waals surface area (Å²) in [4.78, 5) is 16.7. The molecule has 0 bridgehead atoms. The smallest absolute Gasteiger partial charge is 0.251 e. The number of hydrogen-bond acceptors (Lipinski definition) is 4. The zero-order chi connectivity index (χ0) is 15.6. The number of hydrogen-bond donors (Lipinski definition) is 2. The van der Waals surface area contributed by atoms with Crippen LogP contribution in [0.3, 0.4) is 0 Å². The van der Waals surface area contributed by atoms with Crippen molar-refractivity contribution in [2.24, 2.45) is 0 Å². The van der Waals surface area contributed by atoms with Crippen molar-refractivity contribution in [2.45, 2.75) is 12.5 Å². The first kappa shape index (κ1) is 19.2. The first-order valence-corrected chi connectivity index (χ1v) is 7.75. The van der Waals surface area contributed by atoms with Crippen molar-refractivity contribution in [3.05, 3.63) is 54.4 Å². The molecule has 4 rings (SSSR count). The number of aromatic nitrogens is 1. The summed E-state index contributed by atoms with van der Waals surface area (Å²) >= 11 is 0. The number of halogens is 2. The predicted molar refractivity (Wildman–Crippen MR) is 103 cm³/mol. The predicted octanol–water partition coefficient (Wildman–Crippen LogP) is 3.43. The van der Waals surface area contributed by atoms with E-state index >= 15 is 0 Å². The second-order valence-corrected chi connectivity index (χ2v) is 5.73. The Morgan fingerprint density at radius 1 is 1.16 bits per heavy atom. The second kappa shape index (κ2) is 8.34. The zero-order valence-electron chi connectivity index (χ0n) is 13.4. The molecule has 3 heterocycles. The Balaban J connectivity index is 0.00000113. The molecule has 0 unspecified atom stereocenters. The number of furan rings is 1. The molecular formula is C18H19Cl2N3O2. The SMILES string of the molecule is Cl.Cl.O=C(N[C@H]1CCNC1)c1ccc(-c2nccc3occc23)cc1. The van der Waals surface area contributed by atoms with Gasteiger partial charge in [-0.05, 0) is 37.2 Å². The van der Waals surface area contributed by atoms with Crippen LogP contribution in [0, 0.1) is 0 Å². The lowest BCUT2D eigenvalue weighted by atomic mass is 10.1. The molecule has 1 atom stereocenters. The Hall–Kier alpha value is -2.08. The van der Waals surface area contributed by atoms with Crippen molar-refractivity contribution in [3.63, 3.8) is 0 Å². The lowest BCUT2D eigenvalue weighted by Gasteiger charge is -2.11. The Bertz CT molecular complexity index is 843. The fourth-order valence-electron chi connectivity index (χ4n) is 2.95. The van der Waals surface area contributed by atoms with Gasteiger partial charge in [0.2, 0.25) is 0 Å². The third-order valence-corrected chi connectivity index (χ3v) is 4.20. The van der Waals surface area contributed by atoms with E-state index in [4.69, 9.17) is 4.42 Å². The molecule has 0 saturated carbocycles. The minimum absolute atomic E-state index is 0. The average molecular weight is 380 g/mol. The van der Waals surface area contributed by atoms with Gasteiger partial charge in [0.25, 0.3) is 5.91 Å². The summed E-state index contributed by atoms with van der Waals surface area (Å²) in [6.07, 6.45) is 4.37. The average Bonchev–Trinajstić information content (AvgIpc) is 3.25. The van der Waals surface area contributed by atoms with Crippen LogP contribution >= 0.6 is 24.8 Å². The number of nitrogens with one attached hydrogen (secondary N) is 2.